The van der Waals surface area contributed by atoms with Crippen molar-refractivity contribution < 1.29 is 19.1 Å². The van der Waals surface area contributed by atoms with Gasteiger partial charge in [0.1, 0.15) is 5.82 Å². The number of rotatable bonds is 4. The molecule has 0 aliphatic carbocycles. The number of carbonyl (C=O) groups excluding carboxylic acids is 1. The number of carboxylic acid groups (broad SMARTS) is 1. The molecule has 1 amide bonds. The topological polar surface area (TPSA) is 66.4 Å². The highest BCUT2D eigenvalue weighted by molar-refractivity contribution is 5.92. The van der Waals surface area contributed by atoms with Gasteiger partial charge >= 0.3 is 5.97 Å². The summed E-state index contributed by atoms with van der Waals surface area (Å²) in [7, 11) is 0. The van der Waals surface area contributed by atoms with Crippen molar-refractivity contribution in [3.63, 3.8) is 0 Å². The Labute approximate surface area is 92.1 Å². The summed E-state index contributed by atoms with van der Waals surface area (Å²) >= 11 is 0. The first-order valence-corrected chi connectivity index (χ1v) is 4.77. The lowest BCUT2D eigenvalue weighted by Crippen LogP contribution is -2.19. The van der Waals surface area contributed by atoms with Gasteiger partial charge in [-0.3, -0.25) is 9.59 Å². The SMILES string of the molecule is CC(CC(=O)Nc1ccc(F)cc1)C(=O)O. The van der Waals surface area contributed by atoms with Crippen molar-refractivity contribution in [1.82, 2.24) is 0 Å². The second-order valence-corrected chi connectivity index (χ2v) is 3.50. The van der Waals surface area contributed by atoms with E-state index in [1.54, 1.807) is 0 Å². The first-order chi connectivity index (χ1) is 7.49. The van der Waals surface area contributed by atoms with Gasteiger partial charge in [-0.05, 0) is 24.3 Å². The van der Waals surface area contributed by atoms with Crippen LogP contribution in [0.2, 0.25) is 0 Å². The predicted molar refractivity (Wildman–Crippen MR) is 56.4 cm³/mol. The maximum Gasteiger partial charge on any atom is 0.306 e. The highest BCUT2D eigenvalue weighted by Crippen LogP contribution is 2.10. The van der Waals surface area contributed by atoms with E-state index in [1.165, 1.54) is 31.2 Å². The van der Waals surface area contributed by atoms with Crippen LogP contribution in [0.1, 0.15) is 13.3 Å². The van der Waals surface area contributed by atoms with Crippen LogP contribution in [0, 0.1) is 11.7 Å². The number of nitrogens with one attached hydrogen (secondary N) is 1. The minimum absolute atomic E-state index is 0.104. The normalized spacial score (nSPS) is 11.9. The molecular weight excluding hydrogens is 213 g/mol. The standard InChI is InChI=1S/C11H12FNO3/c1-7(11(15)16)6-10(14)13-9-4-2-8(12)3-5-9/h2-5,7H,6H2,1H3,(H,13,14)(H,15,16). The number of amides is 1. The molecule has 0 heterocycles. The first kappa shape index (κ1) is 12.2. The van der Waals surface area contributed by atoms with E-state index in [9.17, 15) is 14.0 Å². The Bertz CT molecular complexity index is 389. The van der Waals surface area contributed by atoms with Crippen LogP contribution in [0.25, 0.3) is 0 Å². The Morgan fingerprint density at radius 1 is 1.38 bits per heavy atom. The van der Waals surface area contributed by atoms with Crippen LogP contribution in [-0.2, 0) is 9.59 Å². The summed E-state index contributed by atoms with van der Waals surface area (Å²) in [6.45, 7) is 1.45. The first-order valence-electron chi connectivity index (χ1n) is 4.77. The van der Waals surface area contributed by atoms with Gasteiger partial charge < -0.3 is 10.4 Å². The minimum Gasteiger partial charge on any atom is -0.481 e. The van der Waals surface area contributed by atoms with Gasteiger partial charge in [0, 0.05) is 12.1 Å². The molecule has 4 nitrogen and oxygen atoms in total. The van der Waals surface area contributed by atoms with Gasteiger partial charge in [-0.2, -0.15) is 0 Å². The summed E-state index contributed by atoms with van der Waals surface area (Å²) < 4.78 is 12.5. The van der Waals surface area contributed by atoms with Crippen molar-refractivity contribution >= 4 is 17.6 Å². The second kappa shape index (κ2) is 5.25. The van der Waals surface area contributed by atoms with Gasteiger partial charge in [-0.15, -0.1) is 0 Å². The van der Waals surface area contributed by atoms with Crippen molar-refractivity contribution in [1.29, 1.82) is 0 Å². The van der Waals surface area contributed by atoms with E-state index in [0.717, 1.165) is 0 Å². The second-order valence-electron chi connectivity index (χ2n) is 3.50. The number of hydrogen-bond donors (Lipinski definition) is 2. The third-order valence-corrected chi connectivity index (χ3v) is 2.04. The molecule has 2 N–H and O–H groups in total. The summed E-state index contributed by atoms with van der Waals surface area (Å²) in [6.07, 6.45) is -0.104. The lowest BCUT2D eigenvalue weighted by atomic mass is 10.1. The number of anilines is 1. The van der Waals surface area contributed by atoms with Crippen molar-refractivity contribution in [2.75, 3.05) is 5.32 Å². The summed E-state index contributed by atoms with van der Waals surface area (Å²) in [5.41, 5.74) is 0.448. The molecule has 1 atom stereocenters. The van der Waals surface area contributed by atoms with Gasteiger partial charge in [-0.25, -0.2) is 4.39 Å². The Balaban J connectivity index is 2.52. The van der Waals surface area contributed by atoms with E-state index in [2.05, 4.69) is 5.32 Å². The van der Waals surface area contributed by atoms with Crippen LogP contribution in [0.15, 0.2) is 24.3 Å². The zero-order valence-corrected chi connectivity index (χ0v) is 8.74. The number of carboxylic acids is 1. The van der Waals surface area contributed by atoms with Crippen LogP contribution in [-0.4, -0.2) is 17.0 Å². The maximum absolute atomic E-state index is 12.5. The van der Waals surface area contributed by atoms with Gasteiger partial charge in [0.05, 0.1) is 5.92 Å². The highest BCUT2D eigenvalue weighted by Gasteiger charge is 2.15. The van der Waals surface area contributed by atoms with E-state index < -0.39 is 23.6 Å². The molecule has 1 aromatic carbocycles. The third-order valence-electron chi connectivity index (χ3n) is 2.04. The minimum atomic E-state index is -1.02. The summed E-state index contributed by atoms with van der Waals surface area (Å²) in [5, 5.41) is 11.1. The molecule has 1 aromatic rings. The van der Waals surface area contributed by atoms with Crippen LogP contribution in [0.4, 0.5) is 10.1 Å². The van der Waals surface area contributed by atoms with E-state index >= 15 is 0 Å². The molecule has 0 bridgehead atoms. The zero-order valence-electron chi connectivity index (χ0n) is 8.74. The number of benzene rings is 1. The molecule has 0 saturated heterocycles. The molecule has 86 valence electrons. The Morgan fingerprint density at radius 3 is 2.44 bits per heavy atom. The quantitative estimate of drug-likeness (QED) is 0.822. The van der Waals surface area contributed by atoms with Crippen molar-refractivity contribution in [3.8, 4) is 0 Å². The van der Waals surface area contributed by atoms with Gasteiger partial charge in [0.15, 0.2) is 0 Å². The molecule has 1 unspecified atom stereocenters. The molecule has 0 radical (unpaired) electrons. The summed E-state index contributed by atoms with van der Waals surface area (Å²) in [4.78, 5) is 21.8. The van der Waals surface area contributed by atoms with Gasteiger partial charge in [-0.1, -0.05) is 6.92 Å². The largest absolute Gasteiger partial charge is 0.481 e. The predicted octanol–water partition coefficient (Wildman–Crippen LogP) is 1.88. The molecule has 0 aliphatic heterocycles. The molecular formula is C11H12FNO3. The Morgan fingerprint density at radius 2 is 1.94 bits per heavy atom. The van der Waals surface area contributed by atoms with Crippen LogP contribution < -0.4 is 5.32 Å². The van der Waals surface area contributed by atoms with E-state index in [0.29, 0.717) is 5.69 Å². The van der Waals surface area contributed by atoms with Gasteiger partial charge in [0.2, 0.25) is 5.91 Å². The highest BCUT2D eigenvalue weighted by atomic mass is 19.1. The average Bonchev–Trinajstić information content (AvgIpc) is 2.21. The monoisotopic (exact) mass is 225 g/mol. The Kier molecular flexibility index (Phi) is 3.99. The average molecular weight is 225 g/mol. The Hall–Kier alpha value is -1.91. The molecule has 5 heteroatoms. The molecule has 0 fully saturated rings. The van der Waals surface area contributed by atoms with Crippen LogP contribution >= 0.6 is 0 Å². The van der Waals surface area contributed by atoms with Crippen molar-refractivity contribution in [2.45, 2.75) is 13.3 Å². The number of halogens is 1. The van der Waals surface area contributed by atoms with Crippen molar-refractivity contribution in [3.05, 3.63) is 30.1 Å². The molecule has 0 aromatic heterocycles. The fourth-order valence-corrected chi connectivity index (χ4v) is 1.11. The number of hydrogen-bond acceptors (Lipinski definition) is 2. The van der Waals surface area contributed by atoms with E-state index in [1.807, 2.05) is 0 Å². The van der Waals surface area contributed by atoms with E-state index in [4.69, 9.17) is 5.11 Å². The summed E-state index contributed by atoms with van der Waals surface area (Å²) in [5.74, 6) is -2.55. The number of carbonyl (C=O) groups is 2. The third kappa shape index (κ3) is 3.68. The summed E-state index contributed by atoms with van der Waals surface area (Å²) in [6, 6.07) is 5.27. The molecule has 0 aliphatic rings. The smallest absolute Gasteiger partial charge is 0.306 e. The van der Waals surface area contributed by atoms with Gasteiger partial charge in [0.25, 0.3) is 0 Å². The van der Waals surface area contributed by atoms with Crippen molar-refractivity contribution in [2.24, 2.45) is 5.92 Å². The van der Waals surface area contributed by atoms with Crippen LogP contribution in [0.5, 0.6) is 0 Å². The molecule has 1 rings (SSSR count). The molecule has 16 heavy (non-hydrogen) atoms. The lowest BCUT2D eigenvalue weighted by molar-refractivity contribution is -0.142. The van der Waals surface area contributed by atoms with Crippen LogP contribution in [0.3, 0.4) is 0 Å². The maximum atomic E-state index is 12.5. The fourth-order valence-electron chi connectivity index (χ4n) is 1.11. The number of aliphatic carboxylic acids is 1. The fraction of sp³-hybridized carbons (Fsp3) is 0.273. The molecule has 0 spiro atoms. The lowest BCUT2D eigenvalue weighted by Gasteiger charge is -2.07. The molecule has 0 saturated carbocycles. The zero-order chi connectivity index (χ0) is 12.1. The van der Waals surface area contributed by atoms with E-state index in [-0.39, 0.29) is 6.42 Å².